The molecule has 5 atom stereocenters. The summed E-state index contributed by atoms with van der Waals surface area (Å²) >= 11 is 7.30. The van der Waals surface area contributed by atoms with Crippen molar-refractivity contribution < 1.29 is 70.5 Å². The van der Waals surface area contributed by atoms with Crippen LogP contribution in [0.2, 0.25) is 5.02 Å². The molecule has 0 bridgehead atoms. The summed E-state index contributed by atoms with van der Waals surface area (Å²) in [6.07, 6.45) is 11.1. The van der Waals surface area contributed by atoms with E-state index < -0.39 is 104 Å². The number of nitrogens with one attached hydrogen (secondary N) is 7. The van der Waals surface area contributed by atoms with Crippen LogP contribution in [0.4, 0.5) is 9.59 Å². The molecule has 1 heterocycles. The van der Waals surface area contributed by atoms with E-state index >= 15 is 14.4 Å². The third kappa shape index (κ3) is 29.2. The van der Waals surface area contributed by atoms with Crippen molar-refractivity contribution in [1.82, 2.24) is 36.6 Å². The number of nitrogens with two attached hydrogens (primary N) is 2. The van der Waals surface area contributed by atoms with Crippen molar-refractivity contribution in [2.75, 3.05) is 26.2 Å². The average molecular weight is 1620 g/mol. The van der Waals surface area contributed by atoms with Crippen molar-refractivity contribution in [3.05, 3.63) is 164 Å². The van der Waals surface area contributed by atoms with Crippen molar-refractivity contribution in [1.29, 1.82) is 0 Å². The molecular weight excluding hydrogens is 1490 g/mol. The number of unbranched alkanes of at least 4 members (excludes halogenated alkanes) is 3. The van der Waals surface area contributed by atoms with Gasteiger partial charge in [0.15, 0.2) is 5.60 Å². The minimum absolute atomic E-state index is 0.000786. The standard InChI is InChI=1S/C87H123ClN10O15S/c1-58-59(2)76(60(3)75-66(58)56-86(10,11)110-75)114(107,108)98-81(90)92-55-33-45-72(80(104)111-87(64-38-23-18-24-39-64,67-40-25-26-41-68(67)88)65-48-46-63(47-49-65)62-36-21-15-13-12-14-16-22-37-62)97-79(103)71(44-29-32-54-94-83(106)113-85(7,8)9)96-78(102)70(43-28-31-53-93-82(105)112-84(4,5)6)95-77(101)69(89)42-27-30-52-91-73(99)50-51-74(100)109-57-61-34-19-17-20-35-61/h17-20,23-26,34-35,38-41,46-49,62,69-72H,12-16,21-22,27-33,36-37,42-45,50-57,89H2,1-11H3,(H,91,99)(H,93,105)(H,94,106)(H,95,101)(H,96,102)(H,97,103)(H3,90,92,98)/t69-,70-,71-,72-,87?/m0/s1. The van der Waals surface area contributed by atoms with Crippen LogP contribution in [0.3, 0.4) is 0 Å². The number of carbonyl (C=O) groups is 8. The third-order valence-electron chi connectivity index (χ3n) is 20.3. The summed E-state index contributed by atoms with van der Waals surface area (Å²) in [6.45, 7) is 20.0. The van der Waals surface area contributed by atoms with Crippen LogP contribution in [0, 0.1) is 20.8 Å². The van der Waals surface area contributed by atoms with Crippen LogP contribution in [0.15, 0.2) is 119 Å². The van der Waals surface area contributed by atoms with E-state index in [1.54, 1.807) is 79.7 Å². The molecule has 1 fully saturated rings. The quantitative estimate of drug-likeness (QED) is 0.00443. The van der Waals surface area contributed by atoms with E-state index in [1.807, 2.05) is 93.6 Å². The molecule has 0 radical (unpaired) electrons. The number of alkyl carbamates (subject to hydrolysis) is 2. The molecule has 114 heavy (non-hydrogen) atoms. The number of ether oxygens (including phenoxy) is 5. The number of aliphatic imine (C=N–C) groups is 1. The van der Waals surface area contributed by atoms with Gasteiger partial charge < -0.3 is 67.1 Å². The number of guanidine groups is 1. The Hall–Kier alpha value is -9.27. The number of fused-ring (bicyclic) bond motifs is 1. The van der Waals surface area contributed by atoms with Crippen molar-refractivity contribution in [2.45, 2.75) is 288 Å². The normalized spacial score (nSPS) is 15.6. The maximum absolute atomic E-state index is 16.1. The Morgan fingerprint density at radius 2 is 1.08 bits per heavy atom. The SMILES string of the molecule is Cc1c(C)c(S(=O)(=O)NC(N)=NCCC[C@H](NC(=O)[C@H](CCCCNC(=O)OC(C)(C)C)NC(=O)[C@H](CCCCNC(=O)OC(C)(C)C)NC(=O)[C@@H](N)CCCCNC(=O)CCC(=O)OCc2ccccc2)C(=O)OC(c2ccccc2)(c2ccc(C3CCCCCCCCC3)cc2)c2ccccc2Cl)c(C)c2c1CC(C)(C)O2. The number of sulfonamides is 1. The highest BCUT2D eigenvalue weighted by Crippen LogP contribution is 2.46. The topological polar surface area (TPSA) is 365 Å². The molecule has 27 heteroatoms. The fourth-order valence-electron chi connectivity index (χ4n) is 14.3. The second-order valence-electron chi connectivity index (χ2n) is 32.5. The fourth-order valence-corrected chi connectivity index (χ4v) is 16.1. The molecule has 1 aliphatic heterocycles. The smallest absolute Gasteiger partial charge is 0.407 e. The maximum atomic E-state index is 16.1. The number of halogens is 1. The minimum Gasteiger partial charge on any atom is -0.487 e. The van der Waals surface area contributed by atoms with Gasteiger partial charge in [-0.1, -0.05) is 160 Å². The van der Waals surface area contributed by atoms with E-state index in [-0.39, 0.29) is 113 Å². The Kier molecular flexibility index (Phi) is 35.5. The van der Waals surface area contributed by atoms with E-state index in [2.05, 4.69) is 53.7 Å². The average Bonchev–Trinajstić information content (AvgIpc) is 1.28. The zero-order valence-corrected chi connectivity index (χ0v) is 70.2. The number of carbonyl (C=O) groups excluding carboxylic acids is 8. The number of hydrogen-bond acceptors (Lipinski definition) is 17. The van der Waals surface area contributed by atoms with Crippen molar-refractivity contribution in [3.63, 3.8) is 0 Å². The zero-order valence-electron chi connectivity index (χ0n) is 68.6. The molecule has 1 unspecified atom stereocenters. The molecule has 0 aromatic heterocycles. The van der Waals surface area contributed by atoms with Gasteiger partial charge >= 0.3 is 24.1 Å². The summed E-state index contributed by atoms with van der Waals surface area (Å²) in [5.74, 6) is -3.72. The number of hydrogen-bond donors (Lipinski definition) is 9. The molecule has 2 aliphatic rings. The van der Waals surface area contributed by atoms with Gasteiger partial charge in [-0.2, -0.15) is 0 Å². The summed E-state index contributed by atoms with van der Waals surface area (Å²) in [4.78, 5) is 116. The third-order valence-corrected chi connectivity index (χ3v) is 22.2. The van der Waals surface area contributed by atoms with E-state index in [4.69, 9.17) is 46.8 Å². The van der Waals surface area contributed by atoms with Crippen LogP contribution >= 0.6 is 11.6 Å². The summed E-state index contributed by atoms with van der Waals surface area (Å²) < 4.78 is 60.8. The van der Waals surface area contributed by atoms with Crippen LogP contribution in [0.25, 0.3) is 0 Å². The predicted molar refractivity (Wildman–Crippen MR) is 442 cm³/mol. The largest absolute Gasteiger partial charge is 0.487 e. The highest BCUT2D eigenvalue weighted by molar-refractivity contribution is 7.90. The number of amides is 6. The molecule has 5 aromatic rings. The van der Waals surface area contributed by atoms with Crippen LogP contribution in [0.1, 0.15) is 253 Å². The summed E-state index contributed by atoms with van der Waals surface area (Å²) in [7, 11) is -4.36. The molecule has 1 aliphatic carbocycles. The number of esters is 2. The van der Waals surface area contributed by atoms with E-state index in [0.717, 1.165) is 60.8 Å². The second-order valence-corrected chi connectivity index (χ2v) is 34.5. The molecule has 624 valence electrons. The van der Waals surface area contributed by atoms with Gasteiger partial charge in [0.25, 0.3) is 10.0 Å². The minimum atomic E-state index is -4.36. The monoisotopic (exact) mass is 1610 g/mol. The van der Waals surface area contributed by atoms with Crippen LogP contribution in [0.5, 0.6) is 5.75 Å². The van der Waals surface area contributed by atoms with Gasteiger partial charge in [0.1, 0.15) is 47.3 Å². The van der Waals surface area contributed by atoms with Crippen molar-refractivity contribution in [3.8, 4) is 5.75 Å². The highest BCUT2D eigenvalue weighted by atomic mass is 35.5. The first-order valence-electron chi connectivity index (χ1n) is 40.4. The number of nitrogens with zero attached hydrogens (tertiary/aromatic N) is 1. The molecule has 1 saturated carbocycles. The van der Waals surface area contributed by atoms with Crippen molar-refractivity contribution >= 4 is 75.3 Å². The van der Waals surface area contributed by atoms with Crippen LogP contribution in [-0.4, -0.2) is 129 Å². The lowest BCUT2D eigenvalue weighted by Gasteiger charge is -2.37. The van der Waals surface area contributed by atoms with E-state index in [0.29, 0.717) is 65.2 Å². The van der Waals surface area contributed by atoms with Gasteiger partial charge in [-0.15, -0.1) is 0 Å². The molecular formula is C87H123ClN10O15S. The Morgan fingerprint density at radius 1 is 0.579 bits per heavy atom. The van der Waals surface area contributed by atoms with Gasteiger partial charge in [-0.3, -0.25) is 29.0 Å². The lowest BCUT2D eigenvalue weighted by molar-refractivity contribution is -0.157. The molecule has 5 aromatic carbocycles. The van der Waals surface area contributed by atoms with Gasteiger partial charge in [0, 0.05) is 71.9 Å². The number of rotatable bonds is 38. The predicted octanol–water partition coefficient (Wildman–Crippen LogP) is 13.5. The Balaban J connectivity index is 1.20. The first-order valence-corrected chi connectivity index (χ1v) is 42.3. The van der Waals surface area contributed by atoms with Gasteiger partial charge in [-0.05, 0) is 194 Å². The molecule has 25 nitrogen and oxygen atoms in total. The Labute approximate surface area is 679 Å². The first kappa shape index (κ1) is 91.9. The first-order chi connectivity index (χ1) is 54.1. The van der Waals surface area contributed by atoms with E-state index in [9.17, 15) is 32.4 Å². The fraction of sp³-hybridized carbons (Fsp3) is 0.552. The molecule has 0 saturated heterocycles. The van der Waals surface area contributed by atoms with Gasteiger partial charge in [0.05, 0.1) is 17.4 Å². The molecule has 0 spiro atoms. The maximum Gasteiger partial charge on any atom is 0.407 e. The highest BCUT2D eigenvalue weighted by Gasteiger charge is 2.45. The molecule has 7 rings (SSSR count). The zero-order chi connectivity index (χ0) is 83.2. The van der Waals surface area contributed by atoms with Crippen molar-refractivity contribution in [2.24, 2.45) is 16.5 Å². The molecule has 11 N–H and O–H groups in total. The molecule has 6 amide bonds. The lowest BCUT2D eigenvalue weighted by atomic mass is 9.78. The Bertz CT molecular complexity index is 4160. The second kappa shape index (κ2) is 44.0. The summed E-state index contributed by atoms with van der Waals surface area (Å²) in [6, 6.07) is 28.1. The van der Waals surface area contributed by atoms with Gasteiger partial charge in [-0.25, -0.2) is 27.5 Å². The lowest BCUT2D eigenvalue weighted by Crippen LogP contribution is -2.57. The van der Waals surface area contributed by atoms with Crippen LogP contribution in [-0.2, 0) is 76.4 Å². The number of benzene rings is 5. The Morgan fingerprint density at radius 3 is 1.65 bits per heavy atom. The van der Waals surface area contributed by atoms with Crippen LogP contribution < -0.4 is 52.8 Å². The summed E-state index contributed by atoms with van der Waals surface area (Å²) in [5.41, 5.74) is 15.2. The van der Waals surface area contributed by atoms with E-state index in [1.165, 1.54) is 19.3 Å². The van der Waals surface area contributed by atoms with Gasteiger partial charge in [0.2, 0.25) is 29.6 Å². The summed E-state index contributed by atoms with van der Waals surface area (Å²) in [5, 5.41) is 17.2.